The molecule has 0 radical (unpaired) electrons. The van der Waals surface area contributed by atoms with Gasteiger partial charge in [-0.1, -0.05) is 0 Å². The smallest absolute Gasteiger partial charge is 0.242 e. The Hall–Kier alpha value is -1.64. The van der Waals surface area contributed by atoms with Crippen molar-refractivity contribution in [3.8, 4) is 0 Å². The molecule has 0 aliphatic carbocycles. The van der Waals surface area contributed by atoms with Gasteiger partial charge in [-0.05, 0) is 19.2 Å². The summed E-state index contributed by atoms with van der Waals surface area (Å²) in [6, 6.07) is 3.41. The molecule has 7 nitrogen and oxygen atoms in total. The van der Waals surface area contributed by atoms with Gasteiger partial charge in [0.1, 0.15) is 0 Å². The van der Waals surface area contributed by atoms with Crippen LogP contribution in [0.2, 0.25) is 0 Å². The third-order valence-electron chi connectivity index (χ3n) is 2.59. The Morgan fingerprint density at radius 1 is 1.47 bits per heavy atom. The van der Waals surface area contributed by atoms with E-state index < -0.39 is 10.0 Å². The molecule has 0 fully saturated rings. The average molecular weight is 283 g/mol. The molecule has 3 N–H and O–H groups in total. The van der Waals surface area contributed by atoms with Crippen LogP contribution in [0, 0.1) is 0 Å². The standard InChI is InChI=1S/C11H17N5O2S/c1-12-8-10-7-11(9-13-10)19(17,18)15-4-6-16-5-2-3-14-16/h2-3,5,7,9,12-13,15H,4,6,8H2,1H3. The van der Waals surface area contributed by atoms with Crippen molar-refractivity contribution >= 4 is 10.0 Å². The van der Waals surface area contributed by atoms with Crippen LogP contribution in [0.4, 0.5) is 0 Å². The maximum absolute atomic E-state index is 12.0. The second-order valence-corrected chi connectivity index (χ2v) is 5.82. The molecule has 0 atom stereocenters. The Labute approximate surface area is 112 Å². The lowest BCUT2D eigenvalue weighted by atomic mass is 10.4. The van der Waals surface area contributed by atoms with Gasteiger partial charge in [0.2, 0.25) is 10.0 Å². The summed E-state index contributed by atoms with van der Waals surface area (Å²) in [5, 5.41) is 6.96. The number of hydrogen-bond donors (Lipinski definition) is 3. The van der Waals surface area contributed by atoms with Crippen molar-refractivity contribution in [3.63, 3.8) is 0 Å². The fraction of sp³-hybridized carbons (Fsp3) is 0.364. The van der Waals surface area contributed by atoms with E-state index in [1.54, 1.807) is 36.3 Å². The molecule has 104 valence electrons. The number of rotatable bonds is 7. The molecule has 0 amide bonds. The highest BCUT2D eigenvalue weighted by atomic mass is 32.2. The van der Waals surface area contributed by atoms with Crippen molar-refractivity contribution in [2.45, 2.75) is 18.0 Å². The summed E-state index contributed by atoms with van der Waals surface area (Å²) in [4.78, 5) is 3.17. The van der Waals surface area contributed by atoms with Gasteiger partial charge in [-0.3, -0.25) is 4.68 Å². The van der Waals surface area contributed by atoms with Gasteiger partial charge in [0.25, 0.3) is 0 Å². The molecule has 0 spiro atoms. The van der Waals surface area contributed by atoms with Crippen molar-refractivity contribution in [1.82, 2.24) is 24.8 Å². The molecule has 0 saturated heterocycles. The van der Waals surface area contributed by atoms with Crippen LogP contribution in [-0.4, -0.2) is 36.8 Å². The molecule has 0 aromatic carbocycles. The fourth-order valence-electron chi connectivity index (χ4n) is 1.68. The van der Waals surface area contributed by atoms with E-state index >= 15 is 0 Å². The molecular formula is C11H17N5O2S. The number of hydrogen-bond acceptors (Lipinski definition) is 4. The van der Waals surface area contributed by atoms with E-state index in [-0.39, 0.29) is 4.90 Å². The van der Waals surface area contributed by atoms with Crippen molar-refractivity contribution in [2.75, 3.05) is 13.6 Å². The lowest BCUT2D eigenvalue weighted by molar-refractivity contribution is 0.561. The first-order chi connectivity index (χ1) is 9.12. The Balaban J connectivity index is 1.93. The summed E-state index contributed by atoms with van der Waals surface area (Å²) in [5.41, 5.74) is 0.829. The van der Waals surface area contributed by atoms with Gasteiger partial charge in [0.15, 0.2) is 0 Å². The summed E-state index contributed by atoms with van der Waals surface area (Å²) in [6.07, 6.45) is 4.93. The number of aromatic amines is 1. The number of H-pyrrole nitrogens is 1. The molecule has 2 rings (SSSR count). The zero-order chi connectivity index (χ0) is 13.7. The van der Waals surface area contributed by atoms with E-state index in [9.17, 15) is 8.42 Å². The van der Waals surface area contributed by atoms with Crippen LogP contribution in [0.1, 0.15) is 5.69 Å². The summed E-state index contributed by atoms with van der Waals surface area (Å²) in [6.45, 7) is 1.40. The van der Waals surface area contributed by atoms with Crippen molar-refractivity contribution < 1.29 is 8.42 Å². The summed E-state index contributed by atoms with van der Waals surface area (Å²) < 4.78 is 28.2. The summed E-state index contributed by atoms with van der Waals surface area (Å²) in [7, 11) is -1.66. The normalized spacial score (nSPS) is 11.8. The highest BCUT2D eigenvalue weighted by Crippen LogP contribution is 2.10. The molecule has 0 unspecified atom stereocenters. The predicted octanol–water partition coefficient (Wildman–Crippen LogP) is -0.0909. The van der Waals surface area contributed by atoms with Gasteiger partial charge in [-0.2, -0.15) is 5.10 Å². The Bertz CT molecular complexity index is 603. The van der Waals surface area contributed by atoms with Crippen LogP contribution in [-0.2, 0) is 23.1 Å². The molecular weight excluding hydrogens is 266 g/mol. The minimum absolute atomic E-state index is 0.248. The number of sulfonamides is 1. The number of aromatic nitrogens is 3. The van der Waals surface area contributed by atoms with E-state index in [2.05, 4.69) is 20.1 Å². The van der Waals surface area contributed by atoms with Gasteiger partial charge in [-0.15, -0.1) is 0 Å². The number of nitrogens with zero attached hydrogens (tertiary/aromatic N) is 2. The van der Waals surface area contributed by atoms with Gasteiger partial charge < -0.3 is 10.3 Å². The molecule has 0 aliphatic heterocycles. The van der Waals surface area contributed by atoms with Gasteiger partial charge in [0, 0.05) is 37.4 Å². The van der Waals surface area contributed by atoms with Crippen LogP contribution in [0.15, 0.2) is 35.6 Å². The van der Waals surface area contributed by atoms with E-state index in [4.69, 9.17) is 0 Å². The molecule has 2 heterocycles. The summed E-state index contributed by atoms with van der Waals surface area (Å²) in [5.74, 6) is 0. The van der Waals surface area contributed by atoms with Gasteiger partial charge >= 0.3 is 0 Å². The largest absolute Gasteiger partial charge is 0.363 e. The van der Waals surface area contributed by atoms with E-state index in [1.807, 2.05) is 0 Å². The maximum atomic E-state index is 12.0. The first-order valence-corrected chi connectivity index (χ1v) is 7.39. The van der Waals surface area contributed by atoms with E-state index in [0.717, 1.165) is 5.69 Å². The highest BCUT2D eigenvalue weighted by Gasteiger charge is 2.15. The average Bonchev–Trinajstić information content (AvgIpc) is 3.00. The van der Waals surface area contributed by atoms with Crippen molar-refractivity contribution in [1.29, 1.82) is 0 Å². The molecule has 0 saturated carbocycles. The topological polar surface area (TPSA) is 91.8 Å². The highest BCUT2D eigenvalue weighted by molar-refractivity contribution is 7.89. The maximum Gasteiger partial charge on any atom is 0.242 e. The summed E-state index contributed by atoms with van der Waals surface area (Å²) >= 11 is 0. The van der Waals surface area contributed by atoms with Crippen LogP contribution < -0.4 is 10.0 Å². The third kappa shape index (κ3) is 3.66. The Morgan fingerprint density at radius 3 is 3.00 bits per heavy atom. The zero-order valence-electron chi connectivity index (χ0n) is 10.6. The van der Waals surface area contributed by atoms with Crippen LogP contribution in [0.3, 0.4) is 0 Å². The lowest BCUT2D eigenvalue weighted by Gasteiger charge is -2.04. The van der Waals surface area contributed by atoms with Crippen molar-refractivity contribution in [3.05, 3.63) is 36.4 Å². The van der Waals surface area contributed by atoms with E-state index in [1.165, 1.54) is 6.20 Å². The molecule has 19 heavy (non-hydrogen) atoms. The molecule has 8 heteroatoms. The SMILES string of the molecule is CNCc1cc(S(=O)(=O)NCCn2cccn2)c[nH]1. The first-order valence-electron chi connectivity index (χ1n) is 5.91. The third-order valence-corrected chi connectivity index (χ3v) is 4.03. The van der Waals surface area contributed by atoms with Gasteiger partial charge in [0.05, 0.1) is 11.4 Å². The Kier molecular flexibility index (Phi) is 4.35. The predicted molar refractivity (Wildman–Crippen MR) is 71.0 cm³/mol. The van der Waals surface area contributed by atoms with Crippen LogP contribution in [0.5, 0.6) is 0 Å². The Morgan fingerprint density at radius 2 is 2.32 bits per heavy atom. The zero-order valence-corrected chi connectivity index (χ0v) is 11.4. The monoisotopic (exact) mass is 283 g/mol. The minimum atomic E-state index is -3.46. The molecule has 2 aromatic heterocycles. The second kappa shape index (κ2) is 6.00. The minimum Gasteiger partial charge on any atom is -0.363 e. The lowest BCUT2D eigenvalue weighted by Crippen LogP contribution is -2.27. The van der Waals surface area contributed by atoms with Crippen LogP contribution in [0.25, 0.3) is 0 Å². The van der Waals surface area contributed by atoms with E-state index in [0.29, 0.717) is 19.6 Å². The van der Waals surface area contributed by atoms with Crippen LogP contribution >= 0.6 is 0 Å². The molecule has 2 aromatic rings. The molecule has 0 bridgehead atoms. The van der Waals surface area contributed by atoms with Crippen molar-refractivity contribution in [2.24, 2.45) is 0 Å². The molecule has 0 aliphatic rings. The first kappa shape index (κ1) is 13.8. The fourth-order valence-corrected chi connectivity index (χ4v) is 2.72. The quantitative estimate of drug-likeness (QED) is 0.662. The second-order valence-electron chi connectivity index (χ2n) is 4.06. The van der Waals surface area contributed by atoms with Gasteiger partial charge in [-0.25, -0.2) is 13.1 Å². The number of nitrogens with one attached hydrogen (secondary N) is 3.